The van der Waals surface area contributed by atoms with Gasteiger partial charge in [-0.25, -0.2) is 4.98 Å². The highest BCUT2D eigenvalue weighted by molar-refractivity contribution is 7.99. The average Bonchev–Trinajstić information content (AvgIpc) is 3.47. The van der Waals surface area contributed by atoms with E-state index in [1.807, 2.05) is 36.4 Å². The minimum Gasteiger partial charge on any atom is -0.435 e. The molecule has 6 heteroatoms. The first kappa shape index (κ1) is 18.9. The lowest BCUT2D eigenvalue weighted by atomic mass is 10.2. The van der Waals surface area contributed by atoms with Crippen LogP contribution in [0.25, 0.3) is 22.7 Å². The standard InChI is InChI=1S/C26H15N3OS2/c27-16-17(26-28-19-7-1-4-10-22(19)30-26)15-18-13-14-25(31-18)29-20-8-2-5-11-23(20)32-24-12-6-3-9-21(24)29/h1-15H/b17-15+. The Morgan fingerprint density at radius 2 is 1.56 bits per heavy atom. The highest BCUT2D eigenvalue weighted by Crippen LogP contribution is 2.52. The van der Waals surface area contributed by atoms with Gasteiger partial charge in [0.05, 0.1) is 11.4 Å². The van der Waals surface area contributed by atoms with Gasteiger partial charge in [-0.1, -0.05) is 48.2 Å². The first-order valence-electron chi connectivity index (χ1n) is 10.0. The minimum absolute atomic E-state index is 0.341. The van der Waals surface area contributed by atoms with Gasteiger partial charge in [0.1, 0.15) is 22.2 Å². The van der Waals surface area contributed by atoms with Crippen LogP contribution in [0, 0.1) is 11.3 Å². The second kappa shape index (κ2) is 7.72. The molecule has 5 aromatic rings. The lowest BCUT2D eigenvalue weighted by Crippen LogP contribution is -2.13. The van der Waals surface area contributed by atoms with Gasteiger partial charge in [0.25, 0.3) is 0 Å². The van der Waals surface area contributed by atoms with Gasteiger partial charge < -0.3 is 4.42 Å². The largest absolute Gasteiger partial charge is 0.435 e. The number of hydrogen-bond donors (Lipinski definition) is 0. The van der Waals surface area contributed by atoms with Crippen molar-refractivity contribution in [3.63, 3.8) is 0 Å². The van der Waals surface area contributed by atoms with Gasteiger partial charge in [-0.05, 0) is 54.6 Å². The number of aromatic nitrogens is 1. The van der Waals surface area contributed by atoms with Crippen LogP contribution < -0.4 is 4.90 Å². The molecule has 0 bridgehead atoms. The Balaban J connectivity index is 1.42. The molecule has 0 aliphatic carbocycles. The summed E-state index contributed by atoms with van der Waals surface area (Å²) in [5.74, 6) is 0.341. The molecule has 3 heterocycles. The van der Waals surface area contributed by atoms with E-state index < -0.39 is 0 Å². The zero-order valence-corrected chi connectivity index (χ0v) is 18.4. The maximum absolute atomic E-state index is 9.75. The Bertz CT molecular complexity index is 1460. The predicted molar refractivity (Wildman–Crippen MR) is 131 cm³/mol. The summed E-state index contributed by atoms with van der Waals surface area (Å²) in [5, 5.41) is 10.8. The van der Waals surface area contributed by atoms with Crippen LogP contribution in [0.3, 0.4) is 0 Å². The molecule has 0 radical (unpaired) electrons. The summed E-state index contributed by atoms with van der Waals surface area (Å²) >= 11 is 3.42. The molecular formula is C26H15N3OS2. The quantitative estimate of drug-likeness (QED) is 0.257. The van der Waals surface area contributed by atoms with E-state index in [1.54, 1.807) is 23.1 Å². The monoisotopic (exact) mass is 449 g/mol. The topological polar surface area (TPSA) is 53.1 Å². The third-order valence-corrected chi connectivity index (χ3v) is 7.34. The zero-order valence-electron chi connectivity index (χ0n) is 16.7. The molecule has 32 heavy (non-hydrogen) atoms. The normalized spacial score (nSPS) is 13.0. The fraction of sp³-hybridized carbons (Fsp3) is 0. The van der Waals surface area contributed by atoms with Crippen molar-refractivity contribution < 1.29 is 4.42 Å². The Hall–Kier alpha value is -3.79. The lowest BCUT2D eigenvalue weighted by molar-refractivity contribution is 0.586. The second-order valence-electron chi connectivity index (χ2n) is 7.21. The SMILES string of the molecule is N#C/C(=C\c1ccc(N2c3ccccc3Sc3ccccc32)s1)c1nc2ccccc2o1. The lowest BCUT2D eigenvalue weighted by Gasteiger charge is -2.31. The number of para-hydroxylation sites is 4. The van der Waals surface area contributed by atoms with Crippen LogP contribution in [-0.4, -0.2) is 4.98 Å². The number of anilines is 3. The molecule has 0 fully saturated rings. The molecule has 3 aromatic carbocycles. The fourth-order valence-electron chi connectivity index (χ4n) is 3.75. The summed E-state index contributed by atoms with van der Waals surface area (Å²) in [6.07, 6.45) is 1.84. The van der Waals surface area contributed by atoms with Crippen LogP contribution in [0.1, 0.15) is 10.8 Å². The van der Waals surface area contributed by atoms with Crippen molar-refractivity contribution in [2.75, 3.05) is 4.90 Å². The number of oxazole rings is 1. The van der Waals surface area contributed by atoms with Crippen LogP contribution >= 0.6 is 23.1 Å². The highest BCUT2D eigenvalue weighted by atomic mass is 32.2. The van der Waals surface area contributed by atoms with Crippen LogP contribution in [0.5, 0.6) is 0 Å². The first-order valence-corrected chi connectivity index (χ1v) is 11.7. The fourth-order valence-corrected chi connectivity index (χ4v) is 5.79. The Kier molecular flexibility index (Phi) is 4.57. The molecule has 1 aliphatic heterocycles. The number of nitriles is 1. The van der Waals surface area contributed by atoms with Crippen molar-refractivity contribution >= 4 is 62.2 Å². The van der Waals surface area contributed by atoms with E-state index in [-0.39, 0.29) is 0 Å². The van der Waals surface area contributed by atoms with E-state index in [9.17, 15) is 5.26 Å². The van der Waals surface area contributed by atoms with Gasteiger partial charge in [0.15, 0.2) is 5.58 Å². The van der Waals surface area contributed by atoms with Crippen molar-refractivity contribution in [2.24, 2.45) is 0 Å². The molecule has 6 rings (SSSR count). The molecule has 0 amide bonds. The summed E-state index contributed by atoms with van der Waals surface area (Å²) in [4.78, 5) is 10.2. The summed E-state index contributed by atoms with van der Waals surface area (Å²) < 4.78 is 5.80. The molecule has 1 aliphatic rings. The van der Waals surface area contributed by atoms with E-state index in [1.165, 1.54) is 9.79 Å². The van der Waals surface area contributed by atoms with Crippen LogP contribution in [0.2, 0.25) is 0 Å². The minimum atomic E-state index is 0.341. The second-order valence-corrected chi connectivity index (χ2v) is 9.38. The van der Waals surface area contributed by atoms with Crippen molar-refractivity contribution in [2.45, 2.75) is 9.79 Å². The number of allylic oxidation sites excluding steroid dienone is 1. The maximum atomic E-state index is 9.75. The van der Waals surface area contributed by atoms with Crippen molar-refractivity contribution in [1.82, 2.24) is 4.98 Å². The molecule has 0 saturated carbocycles. The molecule has 0 unspecified atom stereocenters. The molecule has 0 saturated heterocycles. The van der Waals surface area contributed by atoms with E-state index in [0.29, 0.717) is 17.0 Å². The third-order valence-electron chi connectivity index (χ3n) is 5.20. The Morgan fingerprint density at radius 1 is 0.875 bits per heavy atom. The molecule has 2 aromatic heterocycles. The van der Waals surface area contributed by atoms with E-state index >= 15 is 0 Å². The number of rotatable bonds is 3. The number of nitrogens with zero attached hydrogens (tertiary/aromatic N) is 3. The van der Waals surface area contributed by atoms with E-state index in [0.717, 1.165) is 26.8 Å². The summed E-state index contributed by atoms with van der Waals surface area (Å²) in [6.45, 7) is 0. The summed E-state index contributed by atoms with van der Waals surface area (Å²) in [6, 6.07) is 30.8. The van der Waals surface area contributed by atoms with Crippen molar-refractivity contribution in [1.29, 1.82) is 5.26 Å². The molecule has 4 nitrogen and oxygen atoms in total. The van der Waals surface area contributed by atoms with E-state index in [2.05, 4.69) is 70.6 Å². The number of thiophene rings is 1. The number of hydrogen-bond acceptors (Lipinski definition) is 6. The Labute approximate surface area is 193 Å². The van der Waals surface area contributed by atoms with Crippen LogP contribution in [0.4, 0.5) is 16.4 Å². The van der Waals surface area contributed by atoms with Gasteiger partial charge >= 0.3 is 0 Å². The zero-order chi connectivity index (χ0) is 21.5. The molecule has 0 spiro atoms. The average molecular weight is 450 g/mol. The maximum Gasteiger partial charge on any atom is 0.238 e. The number of fused-ring (bicyclic) bond motifs is 3. The molecule has 0 N–H and O–H groups in total. The van der Waals surface area contributed by atoms with Gasteiger partial charge in [-0.15, -0.1) is 11.3 Å². The third kappa shape index (κ3) is 3.19. The van der Waals surface area contributed by atoms with Gasteiger partial charge in [-0.3, -0.25) is 4.90 Å². The van der Waals surface area contributed by atoms with Gasteiger partial charge in [-0.2, -0.15) is 5.26 Å². The van der Waals surface area contributed by atoms with Crippen LogP contribution in [-0.2, 0) is 0 Å². The van der Waals surface area contributed by atoms with Crippen LogP contribution in [0.15, 0.2) is 99.1 Å². The number of benzene rings is 3. The predicted octanol–water partition coefficient (Wildman–Crippen LogP) is 7.89. The smallest absolute Gasteiger partial charge is 0.238 e. The molecule has 0 atom stereocenters. The van der Waals surface area contributed by atoms with Gasteiger partial charge in [0, 0.05) is 14.7 Å². The molecule has 152 valence electrons. The first-order chi connectivity index (χ1) is 15.8. The highest BCUT2D eigenvalue weighted by Gasteiger charge is 2.25. The Morgan fingerprint density at radius 3 is 2.28 bits per heavy atom. The van der Waals surface area contributed by atoms with Gasteiger partial charge in [0.2, 0.25) is 5.89 Å². The summed E-state index contributed by atoms with van der Waals surface area (Å²) in [5.41, 5.74) is 4.15. The molecular weight excluding hydrogens is 434 g/mol. The van der Waals surface area contributed by atoms with Crippen molar-refractivity contribution in [3.05, 3.63) is 95.7 Å². The summed E-state index contributed by atoms with van der Waals surface area (Å²) in [7, 11) is 0. The van der Waals surface area contributed by atoms with Crippen molar-refractivity contribution in [3.8, 4) is 6.07 Å². The van der Waals surface area contributed by atoms with E-state index in [4.69, 9.17) is 4.42 Å².